The van der Waals surface area contributed by atoms with Crippen molar-refractivity contribution in [1.29, 1.82) is 0 Å². The SMILES string of the molecule is COc1cc(F)cc(-c2cncc3[nH]c(-c4n[nH]c5ccc(-c6cnccn6)nc45)cc23)c1. The van der Waals surface area contributed by atoms with Crippen LogP contribution in [-0.2, 0) is 0 Å². The summed E-state index contributed by atoms with van der Waals surface area (Å²) in [6, 6.07) is 10.3. The first kappa shape index (κ1) is 19.1. The third-order valence-corrected chi connectivity index (χ3v) is 5.45. The average Bonchev–Trinajstić information content (AvgIpc) is 3.47. The molecule has 0 unspecified atom stereocenters. The summed E-state index contributed by atoms with van der Waals surface area (Å²) >= 11 is 0. The Balaban J connectivity index is 1.50. The van der Waals surface area contributed by atoms with Crippen molar-refractivity contribution >= 4 is 21.9 Å². The molecule has 0 aliphatic carbocycles. The first-order valence-electron chi connectivity index (χ1n) is 10.1. The van der Waals surface area contributed by atoms with E-state index in [1.165, 1.54) is 19.2 Å². The predicted octanol–water partition coefficient (Wildman–Crippen LogP) is 4.77. The molecule has 0 amide bonds. The zero-order valence-electron chi connectivity index (χ0n) is 17.4. The minimum absolute atomic E-state index is 0.379. The number of aromatic amines is 2. The number of methoxy groups -OCH3 is 1. The molecule has 0 saturated heterocycles. The van der Waals surface area contributed by atoms with Crippen LogP contribution in [0.3, 0.4) is 0 Å². The monoisotopic (exact) mass is 437 g/mol. The van der Waals surface area contributed by atoms with E-state index in [4.69, 9.17) is 9.72 Å². The number of aromatic nitrogens is 7. The van der Waals surface area contributed by atoms with Gasteiger partial charge in [0, 0.05) is 35.6 Å². The van der Waals surface area contributed by atoms with Crippen LogP contribution in [0.4, 0.5) is 4.39 Å². The van der Waals surface area contributed by atoms with Gasteiger partial charge in [0.2, 0.25) is 0 Å². The summed E-state index contributed by atoms with van der Waals surface area (Å²) in [6.45, 7) is 0. The van der Waals surface area contributed by atoms with Crippen molar-refractivity contribution in [3.63, 3.8) is 0 Å². The molecule has 1 aromatic carbocycles. The van der Waals surface area contributed by atoms with Crippen LogP contribution >= 0.6 is 0 Å². The fourth-order valence-corrected chi connectivity index (χ4v) is 3.91. The van der Waals surface area contributed by atoms with Crippen LogP contribution < -0.4 is 4.74 Å². The lowest BCUT2D eigenvalue weighted by Gasteiger charge is -2.06. The van der Waals surface area contributed by atoms with E-state index in [9.17, 15) is 4.39 Å². The molecule has 0 aliphatic heterocycles. The summed E-state index contributed by atoms with van der Waals surface area (Å²) in [4.78, 5) is 20.9. The standard InChI is InChI=1S/C24H16FN7O/c1-33-15-7-13(6-14(25)8-15)17-10-27-11-21-16(17)9-20(29-21)24-23-19(31-32-24)3-2-18(30-23)22-12-26-4-5-28-22/h2-12,29H,1H3,(H,31,32). The molecule has 5 aromatic heterocycles. The average molecular weight is 437 g/mol. The molecule has 0 saturated carbocycles. The zero-order chi connectivity index (χ0) is 22.4. The van der Waals surface area contributed by atoms with Crippen molar-refractivity contribution in [2.75, 3.05) is 7.11 Å². The Morgan fingerprint density at radius 1 is 0.909 bits per heavy atom. The minimum Gasteiger partial charge on any atom is -0.497 e. The van der Waals surface area contributed by atoms with E-state index in [2.05, 4.69) is 30.1 Å². The fourth-order valence-electron chi connectivity index (χ4n) is 3.91. The summed E-state index contributed by atoms with van der Waals surface area (Å²) in [7, 11) is 1.51. The van der Waals surface area contributed by atoms with Gasteiger partial charge in [-0.15, -0.1) is 0 Å². The van der Waals surface area contributed by atoms with Crippen molar-refractivity contribution in [3.8, 4) is 39.7 Å². The molecule has 0 spiro atoms. The van der Waals surface area contributed by atoms with Gasteiger partial charge in [0.15, 0.2) is 0 Å². The van der Waals surface area contributed by atoms with Gasteiger partial charge in [-0.3, -0.25) is 20.1 Å². The number of rotatable bonds is 4. The van der Waals surface area contributed by atoms with Crippen LogP contribution in [0.1, 0.15) is 0 Å². The third-order valence-electron chi connectivity index (χ3n) is 5.45. The first-order valence-corrected chi connectivity index (χ1v) is 10.1. The fraction of sp³-hybridized carbons (Fsp3) is 0.0417. The summed E-state index contributed by atoms with van der Waals surface area (Å²) in [6.07, 6.45) is 8.36. The van der Waals surface area contributed by atoms with E-state index in [1.54, 1.807) is 37.1 Å². The minimum atomic E-state index is -0.379. The quantitative estimate of drug-likeness (QED) is 0.411. The highest BCUT2D eigenvalue weighted by Gasteiger charge is 2.16. The van der Waals surface area contributed by atoms with E-state index >= 15 is 0 Å². The van der Waals surface area contributed by atoms with Gasteiger partial charge in [-0.25, -0.2) is 9.37 Å². The number of H-pyrrole nitrogens is 2. The highest BCUT2D eigenvalue weighted by molar-refractivity contribution is 6.00. The number of benzene rings is 1. The number of hydrogen-bond acceptors (Lipinski definition) is 6. The molecule has 6 rings (SSSR count). The molecular formula is C24H16FN7O. The number of nitrogens with zero attached hydrogens (tertiary/aromatic N) is 5. The van der Waals surface area contributed by atoms with Gasteiger partial charge in [0.05, 0.1) is 41.9 Å². The van der Waals surface area contributed by atoms with Gasteiger partial charge < -0.3 is 9.72 Å². The Kier molecular flexibility index (Phi) is 4.32. The smallest absolute Gasteiger partial charge is 0.135 e. The lowest BCUT2D eigenvalue weighted by molar-refractivity contribution is 0.411. The molecule has 0 radical (unpaired) electrons. The molecular weight excluding hydrogens is 421 g/mol. The molecule has 0 bridgehead atoms. The van der Waals surface area contributed by atoms with E-state index in [1.807, 2.05) is 18.2 Å². The highest BCUT2D eigenvalue weighted by atomic mass is 19.1. The topological polar surface area (TPSA) is 105 Å². The van der Waals surface area contributed by atoms with Gasteiger partial charge in [-0.2, -0.15) is 5.10 Å². The van der Waals surface area contributed by atoms with Crippen molar-refractivity contribution < 1.29 is 9.13 Å². The predicted molar refractivity (Wildman–Crippen MR) is 122 cm³/mol. The zero-order valence-corrected chi connectivity index (χ0v) is 17.4. The van der Waals surface area contributed by atoms with Crippen LogP contribution in [-0.4, -0.2) is 42.2 Å². The Morgan fingerprint density at radius 3 is 2.70 bits per heavy atom. The molecule has 160 valence electrons. The van der Waals surface area contributed by atoms with Gasteiger partial charge in [0.25, 0.3) is 0 Å². The molecule has 0 fully saturated rings. The van der Waals surface area contributed by atoms with E-state index in [0.717, 1.165) is 27.7 Å². The summed E-state index contributed by atoms with van der Waals surface area (Å²) in [5.41, 5.74) is 6.54. The Morgan fingerprint density at radius 2 is 1.85 bits per heavy atom. The first-order chi connectivity index (χ1) is 16.2. The number of fused-ring (bicyclic) bond motifs is 2. The van der Waals surface area contributed by atoms with Crippen molar-refractivity contribution in [2.24, 2.45) is 0 Å². The number of hydrogen-bond donors (Lipinski definition) is 2. The second kappa shape index (κ2) is 7.49. The number of pyridine rings is 2. The second-order valence-electron chi connectivity index (χ2n) is 7.47. The molecule has 8 nitrogen and oxygen atoms in total. The van der Waals surface area contributed by atoms with Gasteiger partial charge in [-0.05, 0) is 35.9 Å². The van der Waals surface area contributed by atoms with Gasteiger partial charge in [-0.1, -0.05) is 0 Å². The Bertz CT molecular complexity index is 1620. The normalized spacial score (nSPS) is 11.3. The summed E-state index contributed by atoms with van der Waals surface area (Å²) in [5.74, 6) is 0.0629. The van der Waals surface area contributed by atoms with Gasteiger partial charge >= 0.3 is 0 Å². The lowest BCUT2D eigenvalue weighted by Crippen LogP contribution is -1.89. The van der Waals surface area contributed by atoms with Crippen LogP contribution in [0.5, 0.6) is 5.75 Å². The molecule has 9 heteroatoms. The van der Waals surface area contributed by atoms with Crippen LogP contribution in [0.25, 0.3) is 55.8 Å². The molecule has 6 aromatic rings. The molecule has 2 N–H and O–H groups in total. The van der Waals surface area contributed by atoms with Crippen LogP contribution in [0, 0.1) is 5.82 Å². The van der Waals surface area contributed by atoms with E-state index < -0.39 is 0 Å². The maximum Gasteiger partial charge on any atom is 0.135 e. The largest absolute Gasteiger partial charge is 0.497 e. The van der Waals surface area contributed by atoms with E-state index in [0.29, 0.717) is 33.9 Å². The number of ether oxygens (including phenoxy) is 1. The maximum atomic E-state index is 14.1. The van der Waals surface area contributed by atoms with Crippen molar-refractivity contribution in [3.05, 3.63) is 73.2 Å². The van der Waals surface area contributed by atoms with Crippen LogP contribution in [0.2, 0.25) is 0 Å². The Hall–Kier alpha value is -4.66. The highest BCUT2D eigenvalue weighted by Crippen LogP contribution is 2.35. The van der Waals surface area contributed by atoms with Crippen LogP contribution in [0.15, 0.2) is 67.4 Å². The maximum absolute atomic E-state index is 14.1. The summed E-state index contributed by atoms with van der Waals surface area (Å²) in [5, 5.41) is 8.40. The van der Waals surface area contributed by atoms with Gasteiger partial charge in [0.1, 0.15) is 28.5 Å². The summed E-state index contributed by atoms with van der Waals surface area (Å²) < 4.78 is 19.4. The Labute approximate surface area is 186 Å². The van der Waals surface area contributed by atoms with E-state index in [-0.39, 0.29) is 5.82 Å². The number of nitrogens with one attached hydrogen (secondary N) is 2. The molecule has 33 heavy (non-hydrogen) atoms. The second-order valence-corrected chi connectivity index (χ2v) is 7.47. The third kappa shape index (κ3) is 3.26. The molecule has 0 atom stereocenters. The van der Waals surface area contributed by atoms with Crippen molar-refractivity contribution in [1.82, 2.24) is 35.1 Å². The lowest BCUT2D eigenvalue weighted by atomic mass is 10.0. The van der Waals surface area contributed by atoms with Crippen molar-refractivity contribution in [2.45, 2.75) is 0 Å². The molecule has 0 aliphatic rings. The number of halogens is 1. The molecule has 5 heterocycles.